The second kappa shape index (κ2) is 4.56. The van der Waals surface area contributed by atoms with E-state index >= 15 is 0 Å². The van der Waals surface area contributed by atoms with E-state index in [1.54, 1.807) is 0 Å². The third-order valence-corrected chi connectivity index (χ3v) is 3.94. The number of aryl methyl sites for hydroxylation is 1. The standard InChI is InChI=1S/C14H11N5OS/c1-8-10-12(16-13-17-18-14(21-2)19(8)13)20-11(15-10)9-6-4-3-5-7-9/h3-7H,1-2H3. The number of aromatic nitrogens is 5. The first-order chi connectivity index (χ1) is 10.3. The topological polar surface area (TPSA) is 69.1 Å². The summed E-state index contributed by atoms with van der Waals surface area (Å²) in [6.07, 6.45) is 1.96. The molecule has 0 aliphatic carbocycles. The van der Waals surface area contributed by atoms with E-state index in [0.29, 0.717) is 17.4 Å². The number of hydrogen-bond acceptors (Lipinski definition) is 6. The zero-order chi connectivity index (χ0) is 14.4. The third-order valence-electron chi connectivity index (χ3n) is 3.31. The van der Waals surface area contributed by atoms with E-state index in [1.165, 1.54) is 11.8 Å². The first kappa shape index (κ1) is 12.3. The fourth-order valence-corrected chi connectivity index (χ4v) is 2.81. The van der Waals surface area contributed by atoms with Gasteiger partial charge in [0.15, 0.2) is 5.16 Å². The van der Waals surface area contributed by atoms with Crippen molar-refractivity contribution in [3.63, 3.8) is 0 Å². The summed E-state index contributed by atoms with van der Waals surface area (Å²) in [5.74, 6) is 1.09. The van der Waals surface area contributed by atoms with Gasteiger partial charge in [0.2, 0.25) is 5.89 Å². The maximum Gasteiger partial charge on any atom is 0.259 e. The molecule has 4 rings (SSSR count). The Hall–Kier alpha value is -2.41. The summed E-state index contributed by atoms with van der Waals surface area (Å²) in [5, 5.41) is 8.97. The van der Waals surface area contributed by atoms with Crippen LogP contribution in [0.15, 0.2) is 39.9 Å². The monoisotopic (exact) mass is 297 g/mol. The van der Waals surface area contributed by atoms with Gasteiger partial charge in [-0.1, -0.05) is 30.0 Å². The van der Waals surface area contributed by atoms with Gasteiger partial charge >= 0.3 is 0 Å². The second-order valence-corrected chi connectivity index (χ2v) is 5.33. The zero-order valence-corrected chi connectivity index (χ0v) is 12.3. The molecule has 0 atom stereocenters. The number of oxazole rings is 1. The Morgan fingerprint density at radius 2 is 1.90 bits per heavy atom. The van der Waals surface area contributed by atoms with E-state index in [1.807, 2.05) is 47.9 Å². The molecular formula is C14H11N5OS. The van der Waals surface area contributed by atoms with Gasteiger partial charge in [-0.3, -0.25) is 4.40 Å². The van der Waals surface area contributed by atoms with Crippen molar-refractivity contribution in [2.24, 2.45) is 0 Å². The smallest absolute Gasteiger partial charge is 0.259 e. The molecule has 0 aliphatic rings. The molecule has 0 fully saturated rings. The first-order valence-electron chi connectivity index (χ1n) is 6.39. The Kier molecular flexibility index (Phi) is 2.68. The van der Waals surface area contributed by atoms with Gasteiger partial charge < -0.3 is 4.42 Å². The molecule has 0 amide bonds. The lowest BCUT2D eigenvalue weighted by Crippen LogP contribution is -1.96. The van der Waals surface area contributed by atoms with E-state index in [0.717, 1.165) is 21.9 Å². The van der Waals surface area contributed by atoms with Crippen molar-refractivity contribution in [2.45, 2.75) is 12.1 Å². The quantitative estimate of drug-likeness (QED) is 0.530. The molecule has 0 spiro atoms. The van der Waals surface area contributed by atoms with Crippen LogP contribution in [0.4, 0.5) is 0 Å². The molecule has 3 heterocycles. The minimum Gasteiger partial charge on any atom is -0.417 e. The maximum atomic E-state index is 5.78. The molecule has 0 saturated heterocycles. The summed E-state index contributed by atoms with van der Waals surface area (Å²) in [6, 6.07) is 9.78. The number of thioether (sulfide) groups is 1. The third kappa shape index (κ3) is 1.81. The van der Waals surface area contributed by atoms with Crippen LogP contribution >= 0.6 is 11.8 Å². The van der Waals surface area contributed by atoms with Crippen molar-refractivity contribution in [3.8, 4) is 11.5 Å². The molecule has 0 radical (unpaired) electrons. The molecule has 7 heteroatoms. The molecule has 0 unspecified atom stereocenters. The van der Waals surface area contributed by atoms with Gasteiger partial charge in [-0.05, 0) is 25.3 Å². The summed E-state index contributed by atoms with van der Waals surface area (Å²) in [6.45, 7) is 1.97. The van der Waals surface area contributed by atoms with Crippen molar-refractivity contribution in [1.82, 2.24) is 24.6 Å². The summed E-state index contributed by atoms with van der Waals surface area (Å²) in [5.41, 5.74) is 3.07. The van der Waals surface area contributed by atoms with E-state index in [-0.39, 0.29) is 0 Å². The lowest BCUT2D eigenvalue weighted by Gasteiger charge is -2.00. The minimum atomic E-state index is 0.485. The zero-order valence-electron chi connectivity index (χ0n) is 11.4. The normalized spacial score (nSPS) is 11.5. The molecule has 21 heavy (non-hydrogen) atoms. The van der Waals surface area contributed by atoms with E-state index in [4.69, 9.17) is 4.42 Å². The van der Waals surface area contributed by atoms with Crippen LogP contribution in [-0.4, -0.2) is 30.8 Å². The predicted octanol–water partition coefficient (Wildman–Crippen LogP) is 2.96. The molecule has 0 aliphatic heterocycles. The summed E-state index contributed by atoms with van der Waals surface area (Å²) >= 11 is 1.52. The van der Waals surface area contributed by atoms with Crippen LogP contribution in [-0.2, 0) is 0 Å². The van der Waals surface area contributed by atoms with Crippen LogP contribution in [0.25, 0.3) is 28.5 Å². The van der Waals surface area contributed by atoms with Crippen LogP contribution in [0.1, 0.15) is 5.69 Å². The predicted molar refractivity (Wildman–Crippen MR) is 80.3 cm³/mol. The molecular weight excluding hydrogens is 286 g/mol. The lowest BCUT2D eigenvalue weighted by atomic mass is 10.2. The van der Waals surface area contributed by atoms with E-state index < -0.39 is 0 Å². The maximum absolute atomic E-state index is 5.78. The van der Waals surface area contributed by atoms with Crippen LogP contribution in [0.5, 0.6) is 0 Å². The number of nitrogens with zero attached hydrogens (tertiary/aromatic N) is 5. The highest BCUT2D eigenvalue weighted by molar-refractivity contribution is 7.98. The second-order valence-electron chi connectivity index (χ2n) is 4.56. The average molecular weight is 297 g/mol. The largest absolute Gasteiger partial charge is 0.417 e. The summed E-state index contributed by atoms with van der Waals surface area (Å²) in [7, 11) is 0. The number of benzene rings is 1. The van der Waals surface area contributed by atoms with Gasteiger partial charge in [0.25, 0.3) is 11.5 Å². The highest BCUT2D eigenvalue weighted by Crippen LogP contribution is 2.26. The van der Waals surface area contributed by atoms with Gasteiger partial charge in [-0.15, -0.1) is 10.2 Å². The highest BCUT2D eigenvalue weighted by Gasteiger charge is 2.17. The van der Waals surface area contributed by atoms with Gasteiger partial charge in [0.05, 0.1) is 5.69 Å². The van der Waals surface area contributed by atoms with E-state index in [2.05, 4.69) is 20.2 Å². The van der Waals surface area contributed by atoms with Crippen molar-refractivity contribution >= 4 is 28.8 Å². The highest BCUT2D eigenvalue weighted by atomic mass is 32.2. The summed E-state index contributed by atoms with van der Waals surface area (Å²) < 4.78 is 7.67. The van der Waals surface area contributed by atoms with Crippen LogP contribution in [0, 0.1) is 6.92 Å². The molecule has 0 N–H and O–H groups in total. The Bertz CT molecular complexity index is 944. The Morgan fingerprint density at radius 1 is 1.10 bits per heavy atom. The van der Waals surface area contributed by atoms with Crippen molar-refractivity contribution in [2.75, 3.05) is 6.26 Å². The van der Waals surface area contributed by atoms with Crippen molar-refractivity contribution in [3.05, 3.63) is 36.0 Å². The lowest BCUT2D eigenvalue weighted by molar-refractivity contribution is 0.608. The molecule has 3 aromatic heterocycles. The van der Waals surface area contributed by atoms with Crippen molar-refractivity contribution in [1.29, 1.82) is 0 Å². The SMILES string of the molecule is CSc1nnc2nc3oc(-c4ccccc4)nc3c(C)n12. The molecule has 6 nitrogen and oxygen atoms in total. The molecule has 1 aromatic carbocycles. The fraction of sp³-hybridized carbons (Fsp3) is 0.143. The van der Waals surface area contributed by atoms with E-state index in [9.17, 15) is 0 Å². The Labute approximate surface area is 124 Å². The molecule has 104 valence electrons. The molecule has 4 aromatic rings. The van der Waals surface area contributed by atoms with Crippen LogP contribution in [0.3, 0.4) is 0 Å². The van der Waals surface area contributed by atoms with Crippen molar-refractivity contribution < 1.29 is 4.42 Å². The average Bonchev–Trinajstić information content (AvgIpc) is 3.12. The van der Waals surface area contributed by atoms with Gasteiger partial charge in [-0.2, -0.15) is 4.98 Å². The van der Waals surface area contributed by atoms with Gasteiger partial charge in [-0.25, -0.2) is 4.98 Å². The van der Waals surface area contributed by atoms with Crippen LogP contribution < -0.4 is 0 Å². The minimum absolute atomic E-state index is 0.485. The Morgan fingerprint density at radius 3 is 2.67 bits per heavy atom. The fourth-order valence-electron chi connectivity index (χ4n) is 2.28. The Balaban J connectivity index is 2.02. The molecule has 0 bridgehead atoms. The van der Waals surface area contributed by atoms with Crippen LogP contribution in [0.2, 0.25) is 0 Å². The number of rotatable bonds is 2. The number of fused-ring (bicyclic) bond motifs is 2. The first-order valence-corrected chi connectivity index (χ1v) is 7.62. The van der Waals surface area contributed by atoms with Gasteiger partial charge in [0.1, 0.15) is 5.52 Å². The number of hydrogen-bond donors (Lipinski definition) is 0. The molecule has 0 saturated carbocycles. The summed E-state index contributed by atoms with van der Waals surface area (Å²) in [4.78, 5) is 8.97. The van der Waals surface area contributed by atoms with Gasteiger partial charge in [0, 0.05) is 5.56 Å².